The zero-order chi connectivity index (χ0) is 10.3. The van der Waals surface area contributed by atoms with Gasteiger partial charge in [-0.05, 0) is 32.6 Å². The van der Waals surface area contributed by atoms with Gasteiger partial charge in [-0.3, -0.25) is 0 Å². The molecule has 0 saturated carbocycles. The first kappa shape index (κ1) is 13.7. The molecule has 0 nitrogen and oxygen atoms in total. The van der Waals surface area contributed by atoms with Crippen LogP contribution in [0.25, 0.3) is 0 Å². The van der Waals surface area contributed by atoms with Gasteiger partial charge in [-0.2, -0.15) is 0 Å². The molecule has 0 aliphatic heterocycles. The second kappa shape index (κ2) is 7.05. The Kier molecular flexibility index (Phi) is 7.43. The van der Waals surface area contributed by atoms with E-state index in [0.29, 0.717) is 4.75 Å². The third-order valence-corrected chi connectivity index (χ3v) is 7.12. The first-order valence-electron chi connectivity index (χ1n) is 5.46. The Morgan fingerprint density at radius 3 is 1.77 bits per heavy atom. The van der Waals surface area contributed by atoms with Crippen LogP contribution in [0.3, 0.4) is 0 Å². The maximum absolute atomic E-state index is 2.38. The standard InChI is InChI=1S/C11H24S2/c1-6-10(7-2)12-13-11(5,8-3)9-4/h10H,6-9H2,1-5H3. The lowest BCUT2D eigenvalue weighted by Crippen LogP contribution is -2.16. The summed E-state index contributed by atoms with van der Waals surface area (Å²) in [7, 11) is 4.19. The zero-order valence-corrected chi connectivity index (χ0v) is 11.4. The number of hydrogen-bond acceptors (Lipinski definition) is 2. The van der Waals surface area contributed by atoms with E-state index in [0.717, 1.165) is 5.25 Å². The van der Waals surface area contributed by atoms with Crippen molar-refractivity contribution in [3.8, 4) is 0 Å². The minimum atomic E-state index is 0.493. The van der Waals surface area contributed by atoms with Crippen LogP contribution in [-0.2, 0) is 0 Å². The van der Waals surface area contributed by atoms with Gasteiger partial charge >= 0.3 is 0 Å². The predicted molar refractivity (Wildman–Crippen MR) is 68.5 cm³/mol. The molecule has 0 aliphatic carbocycles. The van der Waals surface area contributed by atoms with Crippen molar-refractivity contribution in [2.24, 2.45) is 0 Å². The molecule has 2 heteroatoms. The van der Waals surface area contributed by atoms with Gasteiger partial charge in [0.05, 0.1) is 0 Å². The summed E-state index contributed by atoms with van der Waals surface area (Å²) in [5.74, 6) is 0. The van der Waals surface area contributed by atoms with Gasteiger partial charge in [0.2, 0.25) is 0 Å². The van der Waals surface area contributed by atoms with E-state index in [9.17, 15) is 0 Å². The van der Waals surface area contributed by atoms with Gasteiger partial charge in [-0.1, -0.05) is 49.3 Å². The first-order valence-corrected chi connectivity index (χ1v) is 7.67. The Balaban J connectivity index is 3.83. The van der Waals surface area contributed by atoms with E-state index >= 15 is 0 Å². The van der Waals surface area contributed by atoms with E-state index in [1.807, 2.05) is 0 Å². The summed E-state index contributed by atoms with van der Waals surface area (Å²) < 4.78 is 0.493. The lowest BCUT2D eigenvalue weighted by Gasteiger charge is -2.26. The molecule has 0 bridgehead atoms. The van der Waals surface area contributed by atoms with Gasteiger partial charge < -0.3 is 0 Å². The van der Waals surface area contributed by atoms with Gasteiger partial charge in [0.15, 0.2) is 0 Å². The topological polar surface area (TPSA) is 0 Å². The lowest BCUT2D eigenvalue weighted by atomic mass is 10.1. The summed E-state index contributed by atoms with van der Waals surface area (Å²) in [6.07, 6.45) is 5.16. The normalized spacial score (nSPS) is 12.5. The molecule has 0 N–H and O–H groups in total. The summed E-state index contributed by atoms with van der Waals surface area (Å²) in [5.41, 5.74) is 0. The van der Waals surface area contributed by atoms with Crippen molar-refractivity contribution in [2.75, 3.05) is 0 Å². The third-order valence-electron chi connectivity index (χ3n) is 2.79. The second-order valence-corrected chi connectivity index (χ2v) is 6.86. The summed E-state index contributed by atoms with van der Waals surface area (Å²) in [6, 6.07) is 0. The molecule has 0 rings (SSSR count). The minimum Gasteiger partial charge on any atom is -0.0902 e. The fourth-order valence-electron chi connectivity index (χ4n) is 0.977. The minimum absolute atomic E-state index is 0.493. The molecule has 0 saturated heterocycles. The van der Waals surface area contributed by atoms with Gasteiger partial charge in [0.1, 0.15) is 0 Å². The van der Waals surface area contributed by atoms with Gasteiger partial charge in [0, 0.05) is 10.00 Å². The van der Waals surface area contributed by atoms with Crippen LogP contribution >= 0.6 is 21.6 Å². The van der Waals surface area contributed by atoms with E-state index in [4.69, 9.17) is 0 Å². The highest BCUT2D eigenvalue weighted by molar-refractivity contribution is 8.77. The van der Waals surface area contributed by atoms with Crippen molar-refractivity contribution >= 4 is 21.6 Å². The summed E-state index contributed by atoms with van der Waals surface area (Å²) in [5, 5.41) is 0.849. The molecule has 0 spiro atoms. The fraction of sp³-hybridized carbons (Fsp3) is 1.00. The van der Waals surface area contributed by atoms with Crippen molar-refractivity contribution < 1.29 is 0 Å². The van der Waals surface area contributed by atoms with E-state index in [2.05, 4.69) is 56.2 Å². The largest absolute Gasteiger partial charge is 0.0902 e. The molecular formula is C11H24S2. The Morgan fingerprint density at radius 1 is 1.00 bits per heavy atom. The Morgan fingerprint density at radius 2 is 1.46 bits per heavy atom. The maximum atomic E-state index is 2.38. The summed E-state index contributed by atoms with van der Waals surface area (Å²) >= 11 is 0. The molecule has 0 aliphatic rings. The van der Waals surface area contributed by atoms with Crippen molar-refractivity contribution in [3.05, 3.63) is 0 Å². The van der Waals surface area contributed by atoms with Crippen molar-refractivity contribution in [3.63, 3.8) is 0 Å². The van der Waals surface area contributed by atoms with Crippen LogP contribution in [-0.4, -0.2) is 10.00 Å². The van der Waals surface area contributed by atoms with Crippen LogP contribution in [0, 0.1) is 0 Å². The molecule has 0 atom stereocenters. The van der Waals surface area contributed by atoms with E-state index in [1.165, 1.54) is 25.7 Å². The average Bonchev–Trinajstić information content (AvgIpc) is 2.19. The maximum Gasteiger partial charge on any atom is 0.0230 e. The molecule has 0 aromatic heterocycles. The molecule has 13 heavy (non-hydrogen) atoms. The zero-order valence-electron chi connectivity index (χ0n) is 9.72. The smallest absolute Gasteiger partial charge is 0.0230 e. The van der Waals surface area contributed by atoms with Gasteiger partial charge in [-0.25, -0.2) is 0 Å². The SMILES string of the molecule is CCC(CC)SSC(C)(CC)CC. The van der Waals surface area contributed by atoms with Crippen molar-refractivity contribution in [1.82, 2.24) is 0 Å². The molecule has 80 valence electrons. The molecule has 0 unspecified atom stereocenters. The second-order valence-electron chi connectivity index (χ2n) is 3.78. The Hall–Kier alpha value is 0.700. The molecule has 0 heterocycles. The monoisotopic (exact) mass is 220 g/mol. The van der Waals surface area contributed by atoms with Crippen LogP contribution in [0.4, 0.5) is 0 Å². The quantitative estimate of drug-likeness (QED) is 0.545. The Bertz CT molecular complexity index is 115. The van der Waals surface area contributed by atoms with E-state index in [1.54, 1.807) is 0 Å². The molecule has 0 fully saturated rings. The predicted octanol–water partition coefficient (Wildman–Crippen LogP) is 5.14. The molecule has 0 aromatic carbocycles. The van der Waals surface area contributed by atoms with Crippen LogP contribution in [0.15, 0.2) is 0 Å². The van der Waals surface area contributed by atoms with E-state index < -0.39 is 0 Å². The Labute approximate surface area is 92.0 Å². The van der Waals surface area contributed by atoms with Crippen molar-refractivity contribution in [1.29, 1.82) is 0 Å². The highest BCUT2D eigenvalue weighted by Gasteiger charge is 2.21. The molecular weight excluding hydrogens is 196 g/mol. The number of hydrogen-bond donors (Lipinski definition) is 0. The van der Waals surface area contributed by atoms with Crippen LogP contribution < -0.4 is 0 Å². The molecule has 0 radical (unpaired) electrons. The molecule has 0 amide bonds. The third kappa shape index (κ3) is 5.21. The number of rotatable bonds is 7. The van der Waals surface area contributed by atoms with Gasteiger partial charge in [-0.15, -0.1) is 0 Å². The van der Waals surface area contributed by atoms with Crippen LogP contribution in [0.5, 0.6) is 0 Å². The van der Waals surface area contributed by atoms with Crippen LogP contribution in [0.2, 0.25) is 0 Å². The summed E-state index contributed by atoms with van der Waals surface area (Å²) in [4.78, 5) is 0. The average molecular weight is 220 g/mol. The molecule has 0 aromatic rings. The van der Waals surface area contributed by atoms with Crippen molar-refractivity contribution in [2.45, 2.75) is 70.3 Å². The highest BCUT2D eigenvalue weighted by atomic mass is 33.1. The highest BCUT2D eigenvalue weighted by Crippen LogP contribution is 2.43. The summed E-state index contributed by atoms with van der Waals surface area (Å²) in [6.45, 7) is 11.6. The fourth-order valence-corrected chi connectivity index (χ4v) is 4.48. The van der Waals surface area contributed by atoms with Gasteiger partial charge in [0.25, 0.3) is 0 Å². The van der Waals surface area contributed by atoms with Crippen LogP contribution in [0.1, 0.15) is 60.3 Å². The lowest BCUT2D eigenvalue weighted by molar-refractivity contribution is 0.604. The first-order chi connectivity index (χ1) is 6.11. The van der Waals surface area contributed by atoms with E-state index in [-0.39, 0.29) is 0 Å².